The van der Waals surface area contributed by atoms with Crippen molar-refractivity contribution in [3.05, 3.63) is 65.2 Å². The zero-order valence-electron chi connectivity index (χ0n) is 15.4. The summed E-state index contributed by atoms with van der Waals surface area (Å²) in [6, 6.07) is 13.5. The number of hydrogen-bond acceptors (Lipinski definition) is 4. The highest BCUT2D eigenvalue weighted by Gasteiger charge is 2.58. The van der Waals surface area contributed by atoms with Crippen molar-refractivity contribution in [1.82, 2.24) is 0 Å². The van der Waals surface area contributed by atoms with Crippen LogP contribution in [0.3, 0.4) is 0 Å². The van der Waals surface area contributed by atoms with Gasteiger partial charge in [0.15, 0.2) is 5.60 Å². The summed E-state index contributed by atoms with van der Waals surface area (Å²) in [5.74, 6) is 0.00236. The molecule has 2 aromatic rings. The Labute approximate surface area is 157 Å². The minimum Gasteiger partial charge on any atom is -0.496 e. The molecule has 2 aromatic carbocycles. The maximum Gasteiger partial charge on any atom is 0.346 e. The molecule has 1 aliphatic carbocycles. The van der Waals surface area contributed by atoms with Crippen LogP contribution in [-0.4, -0.2) is 26.1 Å². The summed E-state index contributed by atoms with van der Waals surface area (Å²) in [4.78, 5) is 13.5. The molecule has 2 atom stereocenters. The highest BCUT2D eigenvalue weighted by molar-refractivity contribution is 6.08. The SMILES string of the molecule is COc1cccc2c1C(OC(F)F)C(OCC(C)C)(c1ccccc1)C2=O. The van der Waals surface area contributed by atoms with Crippen molar-refractivity contribution < 1.29 is 27.8 Å². The van der Waals surface area contributed by atoms with Gasteiger partial charge in [-0.3, -0.25) is 4.79 Å². The van der Waals surface area contributed by atoms with Crippen LogP contribution < -0.4 is 4.74 Å². The Morgan fingerprint density at radius 2 is 1.78 bits per heavy atom. The molecule has 4 nitrogen and oxygen atoms in total. The summed E-state index contributed by atoms with van der Waals surface area (Å²) >= 11 is 0. The lowest BCUT2D eigenvalue weighted by Gasteiger charge is -2.35. The maximum absolute atomic E-state index is 13.5. The van der Waals surface area contributed by atoms with Crippen molar-refractivity contribution >= 4 is 5.78 Å². The van der Waals surface area contributed by atoms with Crippen LogP contribution in [0, 0.1) is 5.92 Å². The Morgan fingerprint density at radius 3 is 2.37 bits per heavy atom. The molecule has 0 aliphatic heterocycles. The van der Waals surface area contributed by atoms with Gasteiger partial charge >= 0.3 is 6.61 Å². The molecule has 27 heavy (non-hydrogen) atoms. The standard InChI is InChI=1S/C21H22F2O4/c1-13(2)12-26-21(14-8-5-4-6-9-14)18(24)15-10-7-11-16(25-3)17(15)19(21)27-20(22)23/h4-11,13,19-20H,12H2,1-3H3. The first-order valence-corrected chi connectivity index (χ1v) is 8.76. The van der Waals surface area contributed by atoms with Crippen LogP contribution in [0.25, 0.3) is 0 Å². The smallest absolute Gasteiger partial charge is 0.346 e. The summed E-state index contributed by atoms with van der Waals surface area (Å²) < 4.78 is 43.2. The van der Waals surface area contributed by atoms with Crippen LogP contribution in [0.1, 0.15) is 41.4 Å². The molecule has 0 amide bonds. The predicted molar refractivity (Wildman–Crippen MR) is 96.1 cm³/mol. The highest BCUT2D eigenvalue weighted by atomic mass is 19.3. The normalized spacial score (nSPS) is 21.7. The molecular formula is C21H22F2O4. The quantitative estimate of drug-likeness (QED) is 0.700. The Balaban J connectivity index is 2.25. The number of Topliss-reactive ketones (excluding diaryl/α,β-unsaturated/α-hetero) is 1. The summed E-state index contributed by atoms with van der Waals surface area (Å²) in [7, 11) is 1.43. The van der Waals surface area contributed by atoms with E-state index in [0.29, 0.717) is 11.3 Å². The predicted octanol–water partition coefficient (Wildman–Crippen LogP) is 4.74. The molecule has 2 unspecified atom stereocenters. The van der Waals surface area contributed by atoms with E-state index in [1.165, 1.54) is 7.11 Å². The van der Waals surface area contributed by atoms with Gasteiger partial charge in [-0.2, -0.15) is 8.78 Å². The number of hydrogen-bond donors (Lipinski definition) is 0. The summed E-state index contributed by atoms with van der Waals surface area (Å²) in [6.07, 6.45) is -1.32. The van der Waals surface area contributed by atoms with Gasteiger partial charge in [0.25, 0.3) is 0 Å². The molecule has 0 heterocycles. The van der Waals surface area contributed by atoms with E-state index in [1.54, 1.807) is 48.5 Å². The lowest BCUT2D eigenvalue weighted by molar-refractivity contribution is -0.218. The second-order valence-electron chi connectivity index (χ2n) is 6.83. The van der Waals surface area contributed by atoms with Gasteiger partial charge in [-0.05, 0) is 17.5 Å². The molecule has 1 aliphatic rings. The lowest BCUT2D eigenvalue weighted by Crippen LogP contribution is -2.42. The van der Waals surface area contributed by atoms with Crippen molar-refractivity contribution in [2.75, 3.05) is 13.7 Å². The molecular weight excluding hydrogens is 354 g/mol. The van der Waals surface area contributed by atoms with Crippen LogP contribution in [0.4, 0.5) is 8.78 Å². The number of alkyl halides is 2. The van der Waals surface area contributed by atoms with Gasteiger partial charge in [0.2, 0.25) is 5.78 Å². The van der Waals surface area contributed by atoms with E-state index < -0.39 is 24.1 Å². The van der Waals surface area contributed by atoms with Crippen molar-refractivity contribution in [1.29, 1.82) is 0 Å². The summed E-state index contributed by atoms with van der Waals surface area (Å²) in [5.41, 5.74) is -0.663. The van der Waals surface area contributed by atoms with Crippen molar-refractivity contribution in [2.45, 2.75) is 32.2 Å². The molecule has 0 saturated carbocycles. The molecule has 0 fully saturated rings. The zero-order chi connectivity index (χ0) is 19.6. The van der Waals surface area contributed by atoms with Crippen LogP contribution in [-0.2, 0) is 15.1 Å². The average molecular weight is 376 g/mol. The van der Waals surface area contributed by atoms with Gasteiger partial charge in [-0.25, -0.2) is 0 Å². The molecule has 3 rings (SSSR count). The van der Waals surface area contributed by atoms with Crippen LogP contribution in [0.2, 0.25) is 0 Å². The molecule has 0 bridgehead atoms. The number of rotatable bonds is 7. The molecule has 0 radical (unpaired) electrons. The Bertz CT molecular complexity index is 807. The van der Waals surface area contributed by atoms with Gasteiger partial charge < -0.3 is 14.2 Å². The largest absolute Gasteiger partial charge is 0.496 e. The molecule has 144 valence electrons. The van der Waals surface area contributed by atoms with E-state index in [2.05, 4.69) is 0 Å². The molecule has 0 saturated heterocycles. The summed E-state index contributed by atoms with van der Waals surface area (Å²) in [6.45, 7) is 0.980. The Hall–Kier alpha value is -2.31. The third-order valence-corrected chi connectivity index (χ3v) is 4.59. The first-order valence-electron chi connectivity index (χ1n) is 8.76. The van der Waals surface area contributed by atoms with Crippen molar-refractivity contribution in [2.24, 2.45) is 5.92 Å². The van der Waals surface area contributed by atoms with E-state index in [-0.39, 0.29) is 23.7 Å². The van der Waals surface area contributed by atoms with Gasteiger partial charge in [0, 0.05) is 11.1 Å². The zero-order valence-corrected chi connectivity index (χ0v) is 15.4. The van der Waals surface area contributed by atoms with Gasteiger partial charge in [-0.1, -0.05) is 56.3 Å². The Morgan fingerprint density at radius 1 is 1.07 bits per heavy atom. The van der Waals surface area contributed by atoms with Crippen molar-refractivity contribution in [3.63, 3.8) is 0 Å². The highest BCUT2D eigenvalue weighted by Crippen LogP contribution is 2.54. The van der Waals surface area contributed by atoms with E-state index in [0.717, 1.165) is 0 Å². The van der Waals surface area contributed by atoms with Gasteiger partial charge in [0.05, 0.1) is 13.7 Å². The monoisotopic (exact) mass is 376 g/mol. The Kier molecular flexibility index (Phi) is 5.58. The second-order valence-corrected chi connectivity index (χ2v) is 6.83. The molecule has 0 aromatic heterocycles. The third-order valence-electron chi connectivity index (χ3n) is 4.59. The van der Waals surface area contributed by atoms with Crippen LogP contribution >= 0.6 is 0 Å². The first kappa shape index (κ1) is 19.5. The number of fused-ring (bicyclic) bond motifs is 1. The number of methoxy groups -OCH3 is 1. The van der Waals surface area contributed by atoms with Gasteiger partial charge in [0.1, 0.15) is 11.9 Å². The molecule has 0 N–H and O–H groups in total. The first-order chi connectivity index (χ1) is 12.9. The summed E-state index contributed by atoms with van der Waals surface area (Å²) in [5, 5.41) is 0. The topological polar surface area (TPSA) is 44.8 Å². The number of halogens is 2. The van der Waals surface area contributed by atoms with E-state index in [1.807, 2.05) is 13.8 Å². The maximum atomic E-state index is 13.5. The lowest BCUT2D eigenvalue weighted by atomic mass is 9.87. The van der Waals surface area contributed by atoms with Crippen LogP contribution in [0.15, 0.2) is 48.5 Å². The number of ketones is 1. The second kappa shape index (κ2) is 7.74. The number of carbonyl (C=O) groups is 1. The number of carbonyl (C=O) groups excluding carboxylic acids is 1. The van der Waals surface area contributed by atoms with Crippen molar-refractivity contribution in [3.8, 4) is 5.75 Å². The fourth-order valence-corrected chi connectivity index (χ4v) is 3.47. The molecule has 6 heteroatoms. The van der Waals surface area contributed by atoms with Crippen LogP contribution in [0.5, 0.6) is 5.75 Å². The average Bonchev–Trinajstić information content (AvgIpc) is 2.89. The number of ether oxygens (including phenoxy) is 3. The van der Waals surface area contributed by atoms with E-state index >= 15 is 0 Å². The minimum absolute atomic E-state index is 0.0937. The van der Waals surface area contributed by atoms with E-state index in [9.17, 15) is 13.6 Å². The minimum atomic E-state index is -3.08. The van der Waals surface area contributed by atoms with Gasteiger partial charge in [-0.15, -0.1) is 0 Å². The fraction of sp³-hybridized carbons (Fsp3) is 0.381. The fourth-order valence-electron chi connectivity index (χ4n) is 3.47. The number of benzene rings is 2. The molecule has 0 spiro atoms. The third kappa shape index (κ3) is 3.35. The van der Waals surface area contributed by atoms with E-state index in [4.69, 9.17) is 14.2 Å².